The molecule has 1 aromatic heterocycles. The first kappa shape index (κ1) is 15.7. The maximum absolute atomic E-state index is 13.2. The van der Waals surface area contributed by atoms with Gasteiger partial charge in [-0.05, 0) is 19.1 Å². The van der Waals surface area contributed by atoms with Gasteiger partial charge >= 0.3 is 0 Å². The highest BCUT2D eigenvalue weighted by atomic mass is 35.5. The van der Waals surface area contributed by atoms with Crippen molar-refractivity contribution in [2.75, 3.05) is 5.73 Å². The SMILES string of the molecule is CC(Cn1ccnc1)NS(=O)(=O)c1cc(N)c(F)cc1Cl. The highest BCUT2D eigenvalue weighted by Gasteiger charge is 2.22. The lowest BCUT2D eigenvalue weighted by Crippen LogP contribution is -2.35. The molecule has 0 radical (unpaired) electrons. The highest BCUT2D eigenvalue weighted by molar-refractivity contribution is 7.89. The topological polar surface area (TPSA) is 90.0 Å². The van der Waals surface area contributed by atoms with Crippen molar-refractivity contribution in [1.29, 1.82) is 0 Å². The summed E-state index contributed by atoms with van der Waals surface area (Å²) < 4.78 is 41.9. The molecule has 0 bridgehead atoms. The summed E-state index contributed by atoms with van der Waals surface area (Å²) in [5, 5.41) is -0.218. The predicted molar refractivity (Wildman–Crippen MR) is 77.8 cm³/mol. The Morgan fingerprint density at radius 2 is 2.24 bits per heavy atom. The van der Waals surface area contributed by atoms with Crippen LogP contribution in [0.1, 0.15) is 6.92 Å². The Balaban J connectivity index is 2.20. The number of nitrogens with two attached hydrogens (primary N) is 1. The predicted octanol–water partition coefficient (Wildman–Crippen LogP) is 1.62. The van der Waals surface area contributed by atoms with Gasteiger partial charge in [-0.25, -0.2) is 22.5 Å². The molecule has 2 aromatic rings. The molecule has 1 unspecified atom stereocenters. The van der Waals surface area contributed by atoms with Crippen LogP contribution in [0.2, 0.25) is 5.02 Å². The number of halogens is 2. The van der Waals surface area contributed by atoms with Crippen molar-refractivity contribution in [3.05, 3.63) is 41.7 Å². The lowest BCUT2D eigenvalue weighted by atomic mass is 10.3. The second kappa shape index (κ2) is 6.00. The Kier molecular flexibility index (Phi) is 4.50. The van der Waals surface area contributed by atoms with E-state index in [4.69, 9.17) is 17.3 Å². The van der Waals surface area contributed by atoms with Crippen LogP contribution in [0, 0.1) is 5.82 Å². The van der Waals surface area contributed by atoms with E-state index in [1.807, 2.05) is 0 Å². The van der Waals surface area contributed by atoms with Crippen molar-refractivity contribution in [1.82, 2.24) is 14.3 Å². The van der Waals surface area contributed by atoms with Gasteiger partial charge in [0, 0.05) is 25.0 Å². The molecular formula is C12H14ClFN4O2S. The molecule has 21 heavy (non-hydrogen) atoms. The molecule has 1 atom stereocenters. The number of benzene rings is 1. The van der Waals surface area contributed by atoms with Gasteiger partial charge in [0.1, 0.15) is 10.7 Å². The van der Waals surface area contributed by atoms with E-state index >= 15 is 0 Å². The van der Waals surface area contributed by atoms with Crippen molar-refractivity contribution >= 4 is 27.3 Å². The van der Waals surface area contributed by atoms with Gasteiger partial charge in [-0.15, -0.1) is 0 Å². The van der Waals surface area contributed by atoms with E-state index in [-0.39, 0.29) is 15.6 Å². The van der Waals surface area contributed by atoms with Crippen molar-refractivity contribution < 1.29 is 12.8 Å². The van der Waals surface area contributed by atoms with E-state index in [2.05, 4.69) is 9.71 Å². The molecular weight excluding hydrogens is 319 g/mol. The van der Waals surface area contributed by atoms with Crippen LogP contribution in [0.4, 0.5) is 10.1 Å². The van der Waals surface area contributed by atoms with Gasteiger partial charge in [-0.2, -0.15) is 0 Å². The number of nitrogen functional groups attached to an aromatic ring is 1. The zero-order valence-electron chi connectivity index (χ0n) is 11.1. The van der Waals surface area contributed by atoms with E-state index in [9.17, 15) is 12.8 Å². The van der Waals surface area contributed by atoms with E-state index in [1.54, 1.807) is 30.2 Å². The van der Waals surface area contributed by atoms with Gasteiger partial charge in [0.2, 0.25) is 10.0 Å². The first-order valence-corrected chi connectivity index (χ1v) is 7.88. The third-order valence-corrected chi connectivity index (χ3v) is 4.80. The molecule has 1 aromatic carbocycles. The Bertz CT molecular complexity index is 734. The van der Waals surface area contributed by atoms with Crippen LogP contribution < -0.4 is 10.5 Å². The van der Waals surface area contributed by atoms with Crippen LogP contribution >= 0.6 is 11.6 Å². The van der Waals surface area contributed by atoms with Crippen molar-refractivity contribution in [3.63, 3.8) is 0 Å². The molecule has 1 heterocycles. The van der Waals surface area contributed by atoms with Crippen LogP contribution in [-0.2, 0) is 16.6 Å². The number of rotatable bonds is 5. The average molecular weight is 333 g/mol. The van der Waals surface area contributed by atoms with Crippen LogP contribution in [-0.4, -0.2) is 24.0 Å². The summed E-state index contributed by atoms with van der Waals surface area (Å²) in [6.07, 6.45) is 4.89. The van der Waals surface area contributed by atoms with Crippen LogP contribution in [0.25, 0.3) is 0 Å². The molecule has 114 valence electrons. The summed E-state index contributed by atoms with van der Waals surface area (Å²) in [4.78, 5) is 3.62. The van der Waals surface area contributed by atoms with Crippen molar-refractivity contribution in [2.45, 2.75) is 24.4 Å². The number of nitrogens with one attached hydrogen (secondary N) is 1. The second-order valence-corrected chi connectivity index (χ2v) is 6.68. The molecule has 0 aliphatic rings. The van der Waals surface area contributed by atoms with Crippen molar-refractivity contribution in [3.8, 4) is 0 Å². The van der Waals surface area contributed by atoms with Gasteiger partial charge in [0.15, 0.2) is 0 Å². The van der Waals surface area contributed by atoms with Crippen LogP contribution in [0.5, 0.6) is 0 Å². The summed E-state index contributed by atoms with van der Waals surface area (Å²) in [5.74, 6) is -0.759. The number of hydrogen-bond acceptors (Lipinski definition) is 4. The summed E-state index contributed by atoms with van der Waals surface area (Å²) in [7, 11) is -3.89. The molecule has 9 heteroatoms. The number of nitrogens with zero attached hydrogens (tertiary/aromatic N) is 2. The minimum Gasteiger partial charge on any atom is -0.396 e. The van der Waals surface area contributed by atoms with Crippen LogP contribution in [0.15, 0.2) is 35.7 Å². The van der Waals surface area contributed by atoms with Crippen LogP contribution in [0.3, 0.4) is 0 Å². The molecule has 0 aliphatic carbocycles. The Morgan fingerprint density at radius 3 is 2.86 bits per heavy atom. The Hall–Kier alpha value is -1.64. The van der Waals surface area contributed by atoms with Gasteiger partial charge in [0.05, 0.1) is 17.0 Å². The maximum Gasteiger partial charge on any atom is 0.242 e. The fraction of sp³-hybridized carbons (Fsp3) is 0.250. The summed E-state index contributed by atoms with van der Waals surface area (Å²) in [6, 6.07) is 1.47. The normalized spacial score (nSPS) is 13.3. The van der Waals surface area contributed by atoms with Gasteiger partial charge < -0.3 is 10.3 Å². The van der Waals surface area contributed by atoms with Gasteiger partial charge in [0.25, 0.3) is 0 Å². The third-order valence-electron chi connectivity index (χ3n) is 2.74. The number of imidazole rings is 1. The Labute approximate surface area is 126 Å². The minimum atomic E-state index is -3.89. The molecule has 3 N–H and O–H groups in total. The lowest BCUT2D eigenvalue weighted by Gasteiger charge is -2.16. The molecule has 0 saturated heterocycles. The number of aromatic nitrogens is 2. The fourth-order valence-electron chi connectivity index (χ4n) is 1.83. The number of sulfonamides is 1. The van der Waals surface area contributed by atoms with Gasteiger partial charge in [-0.3, -0.25) is 0 Å². The fourth-order valence-corrected chi connectivity index (χ4v) is 3.61. The zero-order valence-corrected chi connectivity index (χ0v) is 12.7. The van der Waals surface area contributed by atoms with E-state index in [0.29, 0.717) is 6.54 Å². The second-order valence-electron chi connectivity index (χ2n) is 4.59. The monoisotopic (exact) mass is 332 g/mol. The van der Waals surface area contributed by atoms with E-state index in [0.717, 1.165) is 12.1 Å². The zero-order chi connectivity index (χ0) is 15.6. The molecule has 2 rings (SSSR count). The maximum atomic E-state index is 13.2. The number of anilines is 1. The molecule has 0 spiro atoms. The molecule has 0 aliphatic heterocycles. The lowest BCUT2D eigenvalue weighted by molar-refractivity contribution is 0.520. The quantitative estimate of drug-likeness (QED) is 0.814. The molecule has 0 amide bonds. The van der Waals surface area contributed by atoms with Crippen molar-refractivity contribution in [2.24, 2.45) is 0 Å². The standard InChI is InChI=1S/C12H14ClFN4O2S/c1-8(6-18-3-2-16-7-18)17-21(19,20)12-5-11(15)10(14)4-9(12)13/h2-5,7-8,17H,6,15H2,1H3. The first-order chi connectivity index (χ1) is 9.79. The molecule has 0 fully saturated rings. The van der Waals surface area contributed by atoms with E-state index in [1.165, 1.54) is 0 Å². The summed E-state index contributed by atoms with van der Waals surface area (Å²) >= 11 is 5.78. The van der Waals surface area contributed by atoms with E-state index < -0.39 is 21.9 Å². The minimum absolute atomic E-state index is 0.218. The van der Waals surface area contributed by atoms with Gasteiger partial charge in [-0.1, -0.05) is 11.6 Å². The largest absolute Gasteiger partial charge is 0.396 e. The molecule has 6 nitrogen and oxygen atoms in total. The summed E-state index contributed by atoms with van der Waals surface area (Å²) in [5.41, 5.74) is 5.11. The average Bonchev–Trinajstić information content (AvgIpc) is 2.85. The molecule has 0 saturated carbocycles. The first-order valence-electron chi connectivity index (χ1n) is 6.02. The third kappa shape index (κ3) is 3.72. The Morgan fingerprint density at radius 1 is 1.52 bits per heavy atom. The summed E-state index contributed by atoms with van der Waals surface area (Å²) in [6.45, 7) is 2.09. The number of hydrogen-bond donors (Lipinski definition) is 2. The smallest absolute Gasteiger partial charge is 0.242 e. The highest BCUT2D eigenvalue weighted by Crippen LogP contribution is 2.26.